The molecule has 1 heterocycles. The molecule has 0 aromatic heterocycles. The van der Waals surface area contributed by atoms with Crippen LogP contribution in [0.3, 0.4) is 0 Å². The highest BCUT2D eigenvalue weighted by molar-refractivity contribution is 8.00. The van der Waals surface area contributed by atoms with E-state index in [4.69, 9.17) is 5.26 Å². The number of guanidine groups is 1. The predicted molar refractivity (Wildman–Crippen MR) is 98.6 cm³/mol. The van der Waals surface area contributed by atoms with E-state index in [0.29, 0.717) is 22.3 Å². The summed E-state index contributed by atoms with van der Waals surface area (Å²) < 4.78 is 13.9. The summed E-state index contributed by atoms with van der Waals surface area (Å²) in [5, 5.41) is 12.9. The number of hydrogen-bond donors (Lipinski definition) is 1. The van der Waals surface area contributed by atoms with Gasteiger partial charge in [0.2, 0.25) is 0 Å². The summed E-state index contributed by atoms with van der Waals surface area (Å²) in [6, 6.07) is 6.44. The SMILES string of the molecule is CCNC(=NCc1cc(C#N)ccc1F)N1CCSC(C(C)C)C1. The topological polar surface area (TPSA) is 51.4 Å². The van der Waals surface area contributed by atoms with Crippen LogP contribution in [0, 0.1) is 23.1 Å². The maximum Gasteiger partial charge on any atom is 0.194 e. The van der Waals surface area contributed by atoms with Gasteiger partial charge in [-0.2, -0.15) is 17.0 Å². The third kappa shape index (κ3) is 4.88. The van der Waals surface area contributed by atoms with Gasteiger partial charge in [0, 0.05) is 36.2 Å². The zero-order valence-electron chi connectivity index (χ0n) is 14.6. The summed E-state index contributed by atoms with van der Waals surface area (Å²) in [5.74, 6) is 2.20. The number of halogens is 1. The average Bonchev–Trinajstić information content (AvgIpc) is 2.60. The molecule has 1 unspecified atom stereocenters. The number of aliphatic imine (C=N–C) groups is 1. The van der Waals surface area contributed by atoms with Crippen molar-refractivity contribution in [3.63, 3.8) is 0 Å². The number of benzene rings is 1. The minimum atomic E-state index is -0.317. The van der Waals surface area contributed by atoms with Crippen molar-refractivity contribution in [3.05, 3.63) is 35.1 Å². The molecule has 0 amide bonds. The van der Waals surface area contributed by atoms with Gasteiger partial charge in [0.1, 0.15) is 5.82 Å². The molecule has 4 nitrogen and oxygen atoms in total. The Hall–Kier alpha value is -1.74. The second-order valence-corrected chi connectivity index (χ2v) is 7.53. The molecule has 1 N–H and O–H groups in total. The van der Waals surface area contributed by atoms with Crippen molar-refractivity contribution in [2.45, 2.75) is 32.6 Å². The van der Waals surface area contributed by atoms with E-state index in [-0.39, 0.29) is 12.4 Å². The van der Waals surface area contributed by atoms with Crippen molar-refractivity contribution in [1.29, 1.82) is 5.26 Å². The third-order valence-corrected chi connectivity index (χ3v) is 5.59. The Morgan fingerprint density at radius 3 is 3.00 bits per heavy atom. The standard InChI is InChI=1S/C18H25FN4S/c1-4-21-18(23-7-8-24-17(12-23)13(2)3)22-11-15-9-14(10-20)5-6-16(15)19/h5-6,9,13,17H,4,7-8,11-12H2,1-3H3,(H,21,22). The van der Waals surface area contributed by atoms with E-state index in [1.807, 2.05) is 24.8 Å². The fourth-order valence-corrected chi connectivity index (χ4v) is 3.92. The molecule has 24 heavy (non-hydrogen) atoms. The Labute approximate surface area is 148 Å². The number of nitrogens with zero attached hydrogens (tertiary/aromatic N) is 3. The van der Waals surface area contributed by atoms with Crippen LogP contribution in [0.4, 0.5) is 4.39 Å². The molecular weight excluding hydrogens is 323 g/mol. The van der Waals surface area contributed by atoms with Gasteiger partial charge in [-0.15, -0.1) is 0 Å². The quantitative estimate of drug-likeness (QED) is 0.670. The van der Waals surface area contributed by atoms with Gasteiger partial charge >= 0.3 is 0 Å². The first-order valence-electron chi connectivity index (χ1n) is 8.38. The highest BCUT2D eigenvalue weighted by Gasteiger charge is 2.24. The predicted octanol–water partition coefficient (Wildman–Crippen LogP) is 3.24. The summed E-state index contributed by atoms with van der Waals surface area (Å²) >= 11 is 2.01. The van der Waals surface area contributed by atoms with E-state index < -0.39 is 0 Å². The van der Waals surface area contributed by atoms with Crippen molar-refractivity contribution in [2.75, 3.05) is 25.4 Å². The van der Waals surface area contributed by atoms with E-state index in [1.165, 1.54) is 12.1 Å². The second-order valence-electron chi connectivity index (χ2n) is 6.19. The molecule has 0 aliphatic carbocycles. The number of nitriles is 1. The van der Waals surface area contributed by atoms with Crippen LogP contribution < -0.4 is 5.32 Å². The van der Waals surface area contributed by atoms with Gasteiger partial charge in [0.05, 0.1) is 18.2 Å². The molecule has 1 aliphatic rings. The van der Waals surface area contributed by atoms with Crippen LogP contribution in [0.1, 0.15) is 31.9 Å². The second kappa shape index (κ2) is 8.93. The molecule has 1 saturated heterocycles. The molecule has 1 atom stereocenters. The largest absolute Gasteiger partial charge is 0.357 e. The Kier molecular flexibility index (Phi) is 6.92. The van der Waals surface area contributed by atoms with E-state index in [0.717, 1.165) is 31.3 Å². The lowest BCUT2D eigenvalue weighted by Crippen LogP contribution is -2.49. The zero-order valence-corrected chi connectivity index (χ0v) is 15.4. The van der Waals surface area contributed by atoms with Crippen LogP contribution in [-0.2, 0) is 6.54 Å². The lowest BCUT2D eigenvalue weighted by Gasteiger charge is -2.36. The van der Waals surface area contributed by atoms with Gasteiger partial charge in [-0.1, -0.05) is 13.8 Å². The monoisotopic (exact) mass is 348 g/mol. The Bertz CT molecular complexity index is 624. The van der Waals surface area contributed by atoms with Gasteiger partial charge in [0.15, 0.2) is 5.96 Å². The number of nitrogens with one attached hydrogen (secondary N) is 1. The summed E-state index contributed by atoms with van der Waals surface area (Å²) in [6.45, 7) is 9.43. The van der Waals surface area contributed by atoms with Gasteiger partial charge < -0.3 is 10.2 Å². The molecule has 1 aromatic carbocycles. The lowest BCUT2D eigenvalue weighted by atomic mass is 10.1. The van der Waals surface area contributed by atoms with Crippen LogP contribution in [0.15, 0.2) is 23.2 Å². The molecule has 0 spiro atoms. The van der Waals surface area contributed by atoms with Crippen molar-refractivity contribution in [1.82, 2.24) is 10.2 Å². The normalized spacial score (nSPS) is 18.6. The molecule has 0 radical (unpaired) electrons. The van der Waals surface area contributed by atoms with Crippen molar-refractivity contribution < 1.29 is 4.39 Å². The lowest BCUT2D eigenvalue weighted by molar-refractivity contribution is 0.380. The summed E-state index contributed by atoms with van der Waals surface area (Å²) in [6.07, 6.45) is 0. The summed E-state index contributed by atoms with van der Waals surface area (Å²) in [4.78, 5) is 6.87. The van der Waals surface area contributed by atoms with Crippen LogP contribution in [0.25, 0.3) is 0 Å². The fourth-order valence-electron chi connectivity index (χ4n) is 2.62. The molecule has 1 aromatic rings. The number of rotatable bonds is 4. The van der Waals surface area contributed by atoms with Gasteiger partial charge in [-0.25, -0.2) is 9.38 Å². The number of thioether (sulfide) groups is 1. The summed E-state index contributed by atoms with van der Waals surface area (Å²) in [7, 11) is 0. The van der Waals surface area contributed by atoms with E-state index in [9.17, 15) is 4.39 Å². The third-order valence-electron chi connectivity index (χ3n) is 4.05. The van der Waals surface area contributed by atoms with Crippen LogP contribution in [0.5, 0.6) is 0 Å². The fraction of sp³-hybridized carbons (Fsp3) is 0.556. The van der Waals surface area contributed by atoms with Gasteiger partial charge in [-0.05, 0) is 31.0 Å². The Morgan fingerprint density at radius 2 is 2.33 bits per heavy atom. The van der Waals surface area contributed by atoms with Crippen molar-refractivity contribution in [3.8, 4) is 6.07 Å². The summed E-state index contributed by atoms with van der Waals surface area (Å²) in [5.41, 5.74) is 0.914. The maximum absolute atomic E-state index is 13.9. The van der Waals surface area contributed by atoms with Crippen molar-refractivity contribution in [2.24, 2.45) is 10.9 Å². The van der Waals surface area contributed by atoms with Crippen LogP contribution in [0.2, 0.25) is 0 Å². The first kappa shape index (κ1) is 18.6. The zero-order chi connectivity index (χ0) is 17.5. The van der Waals surface area contributed by atoms with E-state index in [1.54, 1.807) is 6.07 Å². The minimum absolute atomic E-state index is 0.236. The molecule has 0 saturated carbocycles. The highest BCUT2D eigenvalue weighted by atomic mass is 32.2. The first-order valence-corrected chi connectivity index (χ1v) is 9.43. The van der Waals surface area contributed by atoms with Crippen LogP contribution in [-0.4, -0.2) is 41.5 Å². The molecule has 2 rings (SSSR count). The minimum Gasteiger partial charge on any atom is -0.357 e. The smallest absolute Gasteiger partial charge is 0.194 e. The average molecular weight is 348 g/mol. The molecule has 130 valence electrons. The Balaban J connectivity index is 2.15. The molecule has 6 heteroatoms. The number of hydrogen-bond acceptors (Lipinski definition) is 3. The molecular formula is C18H25FN4S. The Morgan fingerprint density at radius 1 is 1.54 bits per heavy atom. The van der Waals surface area contributed by atoms with E-state index in [2.05, 4.69) is 29.1 Å². The van der Waals surface area contributed by atoms with E-state index >= 15 is 0 Å². The molecule has 1 fully saturated rings. The molecule has 0 bridgehead atoms. The first-order chi connectivity index (χ1) is 11.5. The van der Waals surface area contributed by atoms with Gasteiger partial charge in [0.25, 0.3) is 0 Å². The highest BCUT2D eigenvalue weighted by Crippen LogP contribution is 2.25. The maximum atomic E-state index is 13.9. The van der Waals surface area contributed by atoms with Crippen molar-refractivity contribution >= 4 is 17.7 Å². The molecule has 1 aliphatic heterocycles. The van der Waals surface area contributed by atoms with Gasteiger partial charge in [-0.3, -0.25) is 0 Å². The van der Waals surface area contributed by atoms with Crippen LogP contribution >= 0.6 is 11.8 Å².